The first-order valence-electron chi connectivity index (χ1n) is 6.49. The molecule has 3 rings (SSSR count). The van der Waals surface area contributed by atoms with Crippen LogP contribution in [-0.2, 0) is 0 Å². The van der Waals surface area contributed by atoms with Crippen LogP contribution in [0, 0.1) is 6.92 Å². The highest BCUT2D eigenvalue weighted by atomic mass is 35.5. The maximum atomic E-state index is 6.06. The molecule has 0 saturated heterocycles. The number of methoxy groups -OCH3 is 1. The molecule has 0 fully saturated rings. The fraction of sp³-hybridized carbons (Fsp3) is 0.118. The van der Waals surface area contributed by atoms with E-state index in [2.05, 4.69) is 24.0 Å². The lowest BCUT2D eigenvalue weighted by molar-refractivity contribution is 0.415. The van der Waals surface area contributed by atoms with Gasteiger partial charge in [0.05, 0.1) is 12.8 Å². The lowest BCUT2D eigenvalue weighted by Gasteiger charge is -2.08. The smallest absolute Gasteiger partial charge is 0.131 e. The molecule has 3 aromatic rings. The summed E-state index contributed by atoms with van der Waals surface area (Å²) in [5.74, 6) is 1.40. The van der Waals surface area contributed by atoms with Crippen LogP contribution < -0.4 is 10.5 Å². The Labute approximate surface area is 130 Å². The molecule has 0 atom stereocenters. The standard InChI is InChI=1S/C17H16N2O.ClH/c1-11-3-8-15-13(9-11)10-16(19-17(15)18)12-4-6-14(20-2)7-5-12;/h3-10H,1-2H3,(H2,18,19);1H. The van der Waals surface area contributed by atoms with Gasteiger partial charge in [-0.25, -0.2) is 4.98 Å². The summed E-state index contributed by atoms with van der Waals surface area (Å²) < 4.78 is 5.17. The molecule has 1 heterocycles. The van der Waals surface area contributed by atoms with Crippen LogP contribution in [0.5, 0.6) is 5.75 Å². The normalized spacial score (nSPS) is 10.2. The van der Waals surface area contributed by atoms with Crippen molar-refractivity contribution in [2.75, 3.05) is 12.8 Å². The Hall–Kier alpha value is -2.26. The van der Waals surface area contributed by atoms with E-state index in [4.69, 9.17) is 10.5 Å². The van der Waals surface area contributed by atoms with Gasteiger partial charge in [-0.05, 0) is 42.6 Å². The molecule has 0 radical (unpaired) electrons. The van der Waals surface area contributed by atoms with Crippen molar-refractivity contribution in [2.24, 2.45) is 0 Å². The molecule has 0 amide bonds. The highest BCUT2D eigenvalue weighted by Crippen LogP contribution is 2.27. The number of rotatable bonds is 2. The van der Waals surface area contributed by atoms with Crippen LogP contribution in [-0.4, -0.2) is 12.1 Å². The Kier molecular flexibility index (Phi) is 4.34. The van der Waals surface area contributed by atoms with Crippen LogP contribution in [0.1, 0.15) is 5.56 Å². The number of pyridine rings is 1. The summed E-state index contributed by atoms with van der Waals surface area (Å²) in [6, 6.07) is 16.1. The number of fused-ring (bicyclic) bond motifs is 1. The van der Waals surface area contributed by atoms with Gasteiger partial charge in [-0.1, -0.05) is 23.8 Å². The number of hydrogen-bond donors (Lipinski definition) is 1. The zero-order valence-corrected chi connectivity index (χ0v) is 12.8. The average molecular weight is 301 g/mol. The monoisotopic (exact) mass is 300 g/mol. The summed E-state index contributed by atoms with van der Waals surface area (Å²) >= 11 is 0. The number of nitrogen functional groups attached to an aromatic ring is 1. The van der Waals surface area contributed by atoms with Crippen LogP contribution in [0.15, 0.2) is 48.5 Å². The number of nitrogens with two attached hydrogens (primary N) is 1. The molecule has 0 aliphatic heterocycles. The first-order valence-corrected chi connectivity index (χ1v) is 6.49. The number of halogens is 1. The van der Waals surface area contributed by atoms with E-state index >= 15 is 0 Å². The minimum absolute atomic E-state index is 0. The topological polar surface area (TPSA) is 48.1 Å². The molecule has 0 aliphatic rings. The van der Waals surface area contributed by atoms with Gasteiger partial charge < -0.3 is 10.5 Å². The largest absolute Gasteiger partial charge is 0.497 e. The van der Waals surface area contributed by atoms with E-state index in [-0.39, 0.29) is 12.4 Å². The Morgan fingerprint density at radius 3 is 2.38 bits per heavy atom. The lowest BCUT2D eigenvalue weighted by Crippen LogP contribution is -1.95. The molecule has 0 saturated carbocycles. The molecule has 0 spiro atoms. The second kappa shape index (κ2) is 6.02. The molecule has 0 bridgehead atoms. The summed E-state index contributed by atoms with van der Waals surface area (Å²) in [4.78, 5) is 4.49. The Morgan fingerprint density at radius 1 is 1.00 bits per heavy atom. The Morgan fingerprint density at radius 2 is 1.71 bits per heavy atom. The molecule has 0 aliphatic carbocycles. The van der Waals surface area contributed by atoms with E-state index in [9.17, 15) is 0 Å². The summed E-state index contributed by atoms with van der Waals surface area (Å²) in [5.41, 5.74) is 9.18. The molecule has 21 heavy (non-hydrogen) atoms. The number of hydrogen-bond acceptors (Lipinski definition) is 3. The number of aryl methyl sites for hydroxylation is 1. The summed E-state index contributed by atoms with van der Waals surface area (Å²) in [6.07, 6.45) is 0. The molecular formula is C17H17ClN2O. The van der Waals surface area contributed by atoms with E-state index in [1.807, 2.05) is 36.4 Å². The summed E-state index contributed by atoms with van der Waals surface area (Å²) in [5, 5.41) is 2.11. The fourth-order valence-corrected chi connectivity index (χ4v) is 2.31. The van der Waals surface area contributed by atoms with Crippen molar-refractivity contribution in [3.63, 3.8) is 0 Å². The molecule has 0 unspecified atom stereocenters. The summed E-state index contributed by atoms with van der Waals surface area (Å²) in [7, 11) is 1.66. The SMILES string of the molecule is COc1ccc(-c2cc3cc(C)ccc3c(N)n2)cc1.Cl. The van der Waals surface area contributed by atoms with Crippen molar-refractivity contribution in [2.45, 2.75) is 6.92 Å². The van der Waals surface area contributed by atoms with Gasteiger partial charge in [0.25, 0.3) is 0 Å². The maximum Gasteiger partial charge on any atom is 0.131 e. The maximum absolute atomic E-state index is 6.06. The van der Waals surface area contributed by atoms with Gasteiger partial charge in [-0.2, -0.15) is 0 Å². The van der Waals surface area contributed by atoms with E-state index in [0.717, 1.165) is 27.8 Å². The second-order valence-corrected chi connectivity index (χ2v) is 4.85. The number of nitrogens with zero attached hydrogens (tertiary/aromatic N) is 1. The van der Waals surface area contributed by atoms with Gasteiger partial charge in [-0.3, -0.25) is 0 Å². The van der Waals surface area contributed by atoms with E-state index in [1.165, 1.54) is 5.56 Å². The van der Waals surface area contributed by atoms with Crippen molar-refractivity contribution in [1.29, 1.82) is 0 Å². The molecule has 4 heteroatoms. The minimum Gasteiger partial charge on any atom is -0.497 e. The quantitative estimate of drug-likeness (QED) is 0.770. The Bertz CT molecular complexity index is 770. The lowest BCUT2D eigenvalue weighted by atomic mass is 10.0. The van der Waals surface area contributed by atoms with Gasteiger partial charge >= 0.3 is 0 Å². The zero-order valence-electron chi connectivity index (χ0n) is 12.0. The van der Waals surface area contributed by atoms with Crippen molar-refractivity contribution in [3.05, 3.63) is 54.1 Å². The molecule has 2 N–H and O–H groups in total. The van der Waals surface area contributed by atoms with Crippen LogP contribution in [0.4, 0.5) is 5.82 Å². The van der Waals surface area contributed by atoms with Crippen molar-refractivity contribution < 1.29 is 4.74 Å². The third-order valence-corrected chi connectivity index (χ3v) is 3.40. The van der Waals surface area contributed by atoms with E-state index in [1.54, 1.807) is 7.11 Å². The predicted octanol–water partition coefficient (Wildman–Crippen LogP) is 4.22. The molecule has 3 nitrogen and oxygen atoms in total. The molecule has 2 aromatic carbocycles. The van der Waals surface area contributed by atoms with E-state index in [0.29, 0.717) is 5.82 Å². The fourth-order valence-electron chi connectivity index (χ4n) is 2.31. The highest BCUT2D eigenvalue weighted by molar-refractivity contribution is 5.94. The highest BCUT2D eigenvalue weighted by Gasteiger charge is 2.06. The van der Waals surface area contributed by atoms with Gasteiger partial charge in [0.15, 0.2) is 0 Å². The number of ether oxygens (including phenoxy) is 1. The number of benzene rings is 2. The molecular weight excluding hydrogens is 284 g/mol. The average Bonchev–Trinajstić information content (AvgIpc) is 2.46. The number of aromatic nitrogens is 1. The van der Waals surface area contributed by atoms with Crippen LogP contribution in [0.25, 0.3) is 22.0 Å². The van der Waals surface area contributed by atoms with Crippen molar-refractivity contribution >= 4 is 29.0 Å². The first-order chi connectivity index (χ1) is 9.67. The second-order valence-electron chi connectivity index (χ2n) is 4.85. The van der Waals surface area contributed by atoms with Crippen molar-refractivity contribution in [1.82, 2.24) is 4.98 Å². The molecule has 1 aromatic heterocycles. The predicted molar refractivity (Wildman–Crippen MR) is 90.1 cm³/mol. The third-order valence-electron chi connectivity index (χ3n) is 3.40. The first kappa shape index (κ1) is 15.1. The third kappa shape index (κ3) is 2.93. The van der Waals surface area contributed by atoms with Crippen LogP contribution in [0.3, 0.4) is 0 Å². The summed E-state index contributed by atoms with van der Waals surface area (Å²) in [6.45, 7) is 2.07. The van der Waals surface area contributed by atoms with Crippen LogP contribution >= 0.6 is 12.4 Å². The minimum atomic E-state index is 0. The van der Waals surface area contributed by atoms with E-state index < -0.39 is 0 Å². The van der Waals surface area contributed by atoms with Crippen LogP contribution in [0.2, 0.25) is 0 Å². The molecule has 108 valence electrons. The van der Waals surface area contributed by atoms with Gasteiger partial charge in [-0.15, -0.1) is 12.4 Å². The van der Waals surface area contributed by atoms with Gasteiger partial charge in [0, 0.05) is 10.9 Å². The Balaban J connectivity index is 0.00000161. The van der Waals surface area contributed by atoms with Gasteiger partial charge in [0.2, 0.25) is 0 Å². The zero-order chi connectivity index (χ0) is 14.1. The number of anilines is 1. The van der Waals surface area contributed by atoms with Gasteiger partial charge in [0.1, 0.15) is 11.6 Å². The van der Waals surface area contributed by atoms with Crippen molar-refractivity contribution in [3.8, 4) is 17.0 Å².